The molecule has 0 aliphatic rings. The molecule has 0 aliphatic heterocycles. The largest absolute Gasteiger partial charge is 0.497 e. The van der Waals surface area contributed by atoms with E-state index >= 15 is 0 Å². The van der Waals surface area contributed by atoms with E-state index in [2.05, 4.69) is 15.4 Å². The van der Waals surface area contributed by atoms with Gasteiger partial charge in [-0.2, -0.15) is 4.98 Å². The number of rotatable bonds is 9. The Morgan fingerprint density at radius 2 is 1.69 bits per heavy atom. The van der Waals surface area contributed by atoms with E-state index in [0.717, 1.165) is 11.3 Å². The number of hydrogen-bond donors (Lipinski definition) is 1. The highest BCUT2D eigenvalue weighted by atomic mass is 19.1. The highest BCUT2D eigenvalue weighted by Gasteiger charge is 2.17. The van der Waals surface area contributed by atoms with Gasteiger partial charge in [-0.3, -0.25) is 4.79 Å². The van der Waals surface area contributed by atoms with Crippen LogP contribution < -0.4 is 14.8 Å². The molecule has 0 spiro atoms. The summed E-state index contributed by atoms with van der Waals surface area (Å²) in [4.78, 5) is 17.2. The molecule has 0 bridgehead atoms. The van der Waals surface area contributed by atoms with Crippen LogP contribution in [0.5, 0.6) is 11.8 Å². The van der Waals surface area contributed by atoms with Crippen molar-refractivity contribution in [1.82, 2.24) is 14.8 Å². The first kappa shape index (κ1) is 25.6. The Hall–Kier alpha value is -5.05. The van der Waals surface area contributed by atoms with E-state index in [0.29, 0.717) is 35.8 Å². The summed E-state index contributed by atoms with van der Waals surface area (Å²) >= 11 is 0. The minimum absolute atomic E-state index is 0.0665. The van der Waals surface area contributed by atoms with Crippen LogP contribution in [0, 0.1) is 11.6 Å². The van der Waals surface area contributed by atoms with E-state index < -0.39 is 11.7 Å². The van der Waals surface area contributed by atoms with Crippen molar-refractivity contribution in [2.24, 2.45) is 0 Å². The number of amides is 1. The Morgan fingerprint density at radius 3 is 2.44 bits per heavy atom. The molecule has 1 amide bonds. The quantitative estimate of drug-likeness (QED) is 0.251. The summed E-state index contributed by atoms with van der Waals surface area (Å²) in [5.41, 5.74) is 2.62. The van der Waals surface area contributed by atoms with Gasteiger partial charge in [0, 0.05) is 17.7 Å². The first-order valence-electron chi connectivity index (χ1n) is 12.2. The van der Waals surface area contributed by atoms with Gasteiger partial charge >= 0.3 is 6.01 Å². The van der Waals surface area contributed by atoms with Crippen LogP contribution in [0.25, 0.3) is 17.1 Å². The van der Waals surface area contributed by atoms with Gasteiger partial charge in [0.2, 0.25) is 0 Å². The molecule has 5 aromatic rings. The Labute approximate surface area is 223 Å². The average Bonchev–Trinajstić information content (AvgIpc) is 3.38. The third-order valence-electron chi connectivity index (χ3n) is 5.94. The number of hydrogen-bond acceptors (Lipinski definition) is 5. The summed E-state index contributed by atoms with van der Waals surface area (Å²) in [5.74, 6) is -0.371. The summed E-state index contributed by atoms with van der Waals surface area (Å²) in [6, 6.07) is 26.3. The normalized spacial score (nSPS) is 10.7. The number of benzene rings is 4. The van der Waals surface area contributed by atoms with Gasteiger partial charge in [-0.1, -0.05) is 30.3 Å². The smallest absolute Gasteiger partial charge is 0.336 e. The maximum atomic E-state index is 14.1. The van der Waals surface area contributed by atoms with Gasteiger partial charge in [0.1, 0.15) is 17.4 Å². The second-order valence-electron chi connectivity index (χ2n) is 8.57. The molecule has 0 saturated carbocycles. The molecule has 39 heavy (non-hydrogen) atoms. The van der Waals surface area contributed by atoms with Crippen LogP contribution in [0.3, 0.4) is 0 Å². The van der Waals surface area contributed by atoms with E-state index in [4.69, 9.17) is 9.47 Å². The predicted molar refractivity (Wildman–Crippen MR) is 143 cm³/mol. The van der Waals surface area contributed by atoms with E-state index in [1.54, 1.807) is 54.3 Å². The molecule has 0 aliphatic carbocycles. The Kier molecular flexibility index (Phi) is 7.58. The summed E-state index contributed by atoms with van der Waals surface area (Å²) in [7, 11) is 1.62. The molecule has 0 saturated heterocycles. The van der Waals surface area contributed by atoms with Crippen molar-refractivity contribution in [2.75, 3.05) is 19.0 Å². The molecule has 0 radical (unpaired) electrons. The lowest BCUT2D eigenvalue weighted by Gasteiger charge is -2.10. The molecule has 0 fully saturated rings. The second-order valence-corrected chi connectivity index (χ2v) is 8.57. The fraction of sp³-hybridized carbons (Fsp3) is 0.100. The predicted octanol–water partition coefficient (Wildman–Crippen LogP) is 6.09. The fourth-order valence-corrected chi connectivity index (χ4v) is 3.93. The van der Waals surface area contributed by atoms with Gasteiger partial charge in [0.25, 0.3) is 5.91 Å². The van der Waals surface area contributed by atoms with Gasteiger partial charge in [0.05, 0.1) is 25.0 Å². The Morgan fingerprint density at radius 1 is 0.923 bits per heavy atom. The zero-order valence-corrected chi connectivity index (χ0v) is 21.0. The van der Waals surface area contributed by atoms with Crippen LogP contribution in [0.2, 0.25) is 0 Å². The Bertz CT molecular complexity index is 1590. The highest BCUT2D eigenvalue weighted by Crippen LogP contribution is 2.26. The van der Waals surface area contributed by atoms with Crippen molar-refractivity contribution in [2.45, 2.75) is 6.42 Å². The molecule has 1 aromatic heterocycles. The first-order chi connectivity index (χ1) is 19.0. The third-order valence-corrected chi connectivity index (χ3v) is 5.94. The van der Waals surface area contributed by atoms with Crippen molar-refractivity contribution in [1.29, 1.82) is 0 Å². The molecule has 7 nitrogen and oxygen atoms in total. The number of ether oxygens (including phenoxy) is 2. The van der Waals surface area contributed by atoms with Crippen LogP contribution in [0.1, 0.15) is 15.9 Å². The van der Waals surface area contributed by atoms with Crippen molar-refractivity contribution in [3.63, 3.8) is 0 Å². The molecule has 0 unspecified atom stereocenters. The van der Waals surface area contributed by atoms with Crippen LogP contribution in [-0.2, 0) is 6.42 Å². The number of nitrogens with one attached hydrogen (secondary N) is 1. The van der Waals surface area contributed by atoms with Crippen molar-refractivity contribution < 1.29 is 23.0 Å². The molecule has 1 heterocycles. The maximum absolute atomic E-state index is 14.1. The molecule has 4 aromatic carbocycles. The molecule has 1 N–H and O–H groups in total. The lowest BCUT2D eigenvalue weighted by atomic mass is 10.1. The Balaban J connectivity index is 1.40. The SMILES string of the molecule is COc1ccc(CCOc2nc(-c3ccc(F)cc3)n(-c3cccc(NC(=O)c4ccccc4F)c3)n2)cc1. The van der Waals surface area contributed by atoms with Gasteiger partial charge in [0.15, 0.2) is 5.82 Å². The molecular formula is C30H24F2N4O3. The van der Waals surface area contributed by atoms with Gasteiger partial charge < -0.3 is 14.8 Å². The summed E-state index contributed by atoms with van der Waals surface area (Å²) in [6.07, 6.45) is 0.627. The minimum Gasteiger partial charge on any atom is -0.497 e. The number of carbonyl (C=O) groups is 1. The lowest BCUT2D eigenvalue weighted by Crippen LogP contribution is -2.14. The number of anilines is 1. The van der Waals surface area contributed by atoms with E-state index in [-0.39, 0.29) is 17.4 Å². The van der Waals surface area contributed by atoms with Crippen LogP contribution >= 0.6 is 0 Å². The summed E-state index contributed by atoms with van der Waals surface area (Å²) < 4.78 is 40.3. The van der Waals surface area contributed by atoms with E-state index in [1.807, 2.05) is 24.3 Å². The van der Waals surface area contributed by atoms with Gasteiger partial charge in [-0.15, -0.1) is 5.10 Å². The molecule has 5 rings (SSSR count). The van der Waals surface area contributed by atoms with Crippen molar-refractivity contribution >= 4 is 11.6 Å². The number of carbonyl (C=O) groups excluding carboxylic acids is 1. The van der Waals surface area contributed by atoms with Crippen LogP contribution in [0.15, 0.2) is 97.1 Å². The number of methoxy groups -OCH3 is 1. The molecule has 9 heteroatoms. The number of halogens is 2. The molecule has 0 atom stereocenters. The van der Waals surface area contributed by atoms with Crippen LogP contribution in [-0.4, -0.2) is 34.4 Å². The first-order valence-corrected chi connectivity index (χ1v) is 12.2. The second kappa shape index (κ2) is 11.6. The van der Waals surface area contributed by atoms with Crippen molar-refractivity contribution in [3.05, 3.63) is 120 Å². The molecular weight excluding hydrogens is 502 g/mol. The van der Waals surface area contributed by atoms with Crippen molar-refractivity contribution in [3.8, 4) is 28.8 Å². The zero-order chi connectivity index (χ0) is 27.2. The number of aromatic nitrogens is 3. The van der Waals surface area contributed by atoms with Gasteiger partial charge in [-0.25, -0.2) is 13.5 Å². The highest BCUT2D eigenvalue weighted by molar-refractivity contribution is 6.04. The number of nitrogens with zero attached hydrogens (tertiary/aromatic N) is 3. The average molecular weight is 527 g/mol. The summed E-state index contributed by atoms with van der Waals surface area (Å²) in [5, 5.41) is 7.24. The molecule has 196 valence electrons. The minimum atomic E-state index is -0.613. The monoisotopic (exact) mass is 526 g/mol. The van der Waals surface area contributed by atoms with Crippen LogP contribution in [0.4, 0.5) is 14.5 Å². The zero-order valence-electron chi connectivity index (χ0n) is 21.0. The maximum Gasteiger partial charge on any atom is 0.336 e. The standard InChI is InChI=1S/C30H24F2N4O3/c1-38-25-15-9-20(10-16-25)17-18-39-30-34-28(21-11-13-22(31)14-12-21)36(35-30)24-6-4-5-23(19-24)33-29(37)26-7-2-3-8-27(26)32/h2-16,19H,17-18H2,1H3,(H,33,37). The van der Waals surface area contributed by atoms with Gasteiger partial charge in [-0.05, 0) is 72.3 Å². The lowest BCUT2D eigenvalue weighted by molar-refractivity contribution is 0.102. The van der Waals surface area contributed by atoms with E-state index in [1.165, 1.54) is 30.3 Å². The summed E-state index contributed by atoms with van der Waals surface area (Å²) in [6.45, 7) is 0.331. The fourth-order valence-electron chi connectivity index (χ4n) is 3.93. The third kappa shape index (κ3) is 6.10. The van der Waals surface area contributed by atoms with E-state index in [9.17, 15) is 13.6 Å². The topological polar surface area (TPSA) is 78.3 Å².